The van der Waals surface area contributed by atoms with Crippen LogP contribution in [0, 0.1) is 0 Å². The van der Waals surface area contributed by atoms with E-state index in [1.54, 1.807) is 0 Å². The van der Waals surface area contributed by atoms with E-state index in [-0.39, 0.29) is 5.91 Å². The zero-order chi connectivity index (χ0) is 13.1. The van der Waals surface area contributed by atoms with E-state index < -0.39 is 0 Å². The summed E-state index contributed by atoms with van der Waals surface area (Å²) in [6, 6.07) is 0.660. The Balaban J connectivity index is 1.95. The summed E-state index contributed by atoms with van der Waals surface area (Å²) in [4.78, 5) is 11.4. The molecule has 106 valence electrons. The van der Waals surface area contributed by atoms with E-state index in [9.17, 15) is 4.79 Å². The van der Waals surface area contributed by atoms with Crippen LogP contribution in [-0.4, -0.2) is 38.3 Å². The second-order valence-corrected chi connectivity index (χ2v) is 4.94. The minimum Gasteiger partial charge on any atom is -0.381 e. The molecule has 0 saturated heterocycles. The summed E-state index contributed by atoms with van der Waals surface area (Å²) in [7, 11) is 0. The highest BCUT2D eigenvalue weighted by atomic mass is 16.5. The Bertz CT molecular complexity index is 214. The molecule has 4 nitrogen and oxygen atoms in total. The van der Waals surface area contributed by atoms with E-state index >= 15 is 0 Å². The predicted molar refractivity (Wildman–Crippen MR) is 73.6 cm³/mol. The van der Waals surface area contributed by atoms with E-state index in [1.165, 1.54) is 38.5 Å². The summed E-state index contributed by atoms with van der Waals surface area (Å²) in [6.07, 6.45) is 8.50. The van der Waals surface area contributed by atoms with Gasteiger partial charge in [0.15, 0.2) is 0 Å². The highest BCUT2D eigenvalue weighted by Crippen LogP contribution is 2.16. The minimum absolute atomic E-state index is 0.0890. The molecule has 1 fully saturated rings. The SMILES string of the molecule is CCOCCC(=O)NCCNC1CCCCCC1. The zero-order valence-corrected chi connectivity index (χ0v) is 11.7. The quantitative estimate of drug-likeness (QED) is 0.515. The number of nitrogens with one attached hydrogen (secondary N) is 2. The second kappa shape index (κ2) is 10.3. The Kier molecular flexibility index (Phi) is 8.86. The maximum atomic E-state index is 11.4. The number of carbonyl (C=O) groups is 1. The molecule has 0 atom stereocenters. The van der Waals surface area contributed by atoms with Crippen LogP contribution >= 0.6 is 0 Å². The van der Waals surface area contributed by atoms with Gasteiger partial charge in [0.25, 0.3) is 0 Å². The average Bonchev–Trinajstić information content (AvgIpc) is 2.63. The Hall–Kier alpha value is -0.610. The first-order valence-corrected chi connectivity index (χ1v) is 7.40. The van der Waals surface area contributed by atoms with Gasteiger partial charge in [-0.2, -0.15) is 0 Å². The topological polar surface area (TPSA) is 50.4 Å². The minimum atomic E-state index is 0.0890. The van der Waals surface area contributed by atoms with Crippen molar-refractivity contribution in [1.82, 2.24) is 10.6 Å². The van der Waals surface area contributed by atoms with Crippen molar-refractivity contribution in [2.75, 3.05) is 26.3 Å². The molecule has 0 heterocycles. The van der Waals surface area contributed by atoms with Gasteiger partial charge in [-0.1, -0.05) is 25.7 Å². The molecule has 0 aromatic rings. The third-order valence-electron chi connectivity index (χ3n) is 3.41. The Labute approximate surface area is 111 Å². The normalized spacial score (nSPS) is 17.4. The lowest BCUT2D eigenvalue weighted by atomic mass is 10.1. The van der Waals surface area contributed by atoms with Crippen molar-refractivity contribution in [3.8, 4) is 0 Å². The smallest absolute Gasteiger partial charge is 0.222 e. The summed E-state index contributed by atoms with van der Waals surface area (Å²) in [5, 5.41) is 6.45. The number of hydrogen-bond donors (Lipinski definition) is 2. The van der Waals surface area contributed by atoms with Gasteiger partial charge in [0.2, 0.25) is 5.91 Å². The fraction of sp³-hybridized carbons (Fsp3) is 0.929. The van der Waals surface area contributed by atoms with Gasteiger partial charge in [0.05, 0.1) is 6.61 Å². The average molecular weight is 256 g/mol. The fourth-order valence-electron chi connectivity index (χ4n) is 2.36. The number of rotatable bonds is 8. The van der Waals surface area contributed by atoms with Crippen LogP contribution in [-0.2, 0) is 9.53 Å². The molecule has 0 spiro atoms. The summed E-state index contributed by atoms with van der Waals surface area (Å²) < 4.78 is 5.14. The predicted octanol–water partition coefficient (Wildman–Crippen LogP) is 1.84. The van der Waals surface area contributed by atoms with Crippen molar-refractivity contribution in [2.24, 2.45) is 0 Å². The molecular weight excluding hydrogens is 228 g/mol. The van der Waals surface area contributed by atoms with E-state index in [0.717, 1.165) is 13.1 Å². The fourth-order valence-corrected chi connectivity index (χ4v) is 2.36. The number of hydrogen-bond acceptors (Lipinski definition) is 3. The largest absolute Gasteiger partial charge is 0.381 e. The molecule has 0 aromatic carbocycles. The Morgan fingerprint density at radius 2 is 1.89 bits per heavy atom. The van der Waals surface area contributed by atoms with Crippen LogP contribution in [0.5, 0.6) is 0 Å². The summed E-state index contributed by atoms with van der Waals surface area (Å²) in [6.45, 7) is 4.75. The maximum absolute atomic E-state index is 11.4. The van der Waals surface area contributed by atoms with Gasteiger partial charge in [0.1, 0.15) is 0 Å². The molecule has 1 saturated carbocycles. The molecule has 4 heteroatoms. The molecule has 0 aromatic heterocycles. The lowest BCUT2D eigenvalue weighted by Gasteiger charge is -2.16. The molecule has 2 N–H and O–H groups in total. The molecule has 1 amide bonds. The lowest BCUT2D eigenvalue weighted by molar-refractivity contribution is -0.122. The molecule has 0 aliphatic heterocycles. The Morgan fingerprint density at radius 1 is 1.17 bits per heavy atom. The summed E-state index contributed by atoms with van der Waals surface area (Å²) in [5.41, 5.74) is 0. The molecule has 1 aliphatic rings. The molecule has 0 bridgehead atoms. The van der Waals surface area contributed by atoms with Crippen LogP contribution in [0.4, 0.5) is 0 Å². The maximum Gasteiger partial charge on any atom is 0.222 e. The van der Waals surface area contributed by atoms with E-state index in [0.29, 0.717) is 25.7 Å². The van der Waals surface area contributed by atoms with E-state index in [4.69, 9.17) is 4.74 Å². The third-order valence-corrected chi connectivity index (χ3v) is 3.41. The van der Waals surface area contributed by atoms with Gasteiger partial charge in [0, 0.05) is 32.2 Å². The molecule has 1 rings (SSSR count). The number of carbonyl (C=O) groups excluding carboxylic acids is 1. The van der Waals surface area contributed by atoms with Gasteiger partial charge >= 0.3 is 0 Å². The van der Waals surface area contributed by atoms with Gasteiger partial charge in [-0.15, -0.1) is 0 Å². The first kappa shape index (κ1) is 15.4. The van der Waals surface area contributed by atoms with Crippen molar-refractivity contribution < 1.29 is 9.53 Å². The van der Waals surface area contributed by atoms with E-state index in [2.05, 4.69) is 10.6 Å². The highest BCUT2D eigenvalue weighted by molar-refractivity contribution is 5.75. The molecule has 0 radical (unpaired) electrons. The Morgan fingerprint density at radius 3 is 2.56 bits per heavy atom. The van der Waals surface area contributed by atoms with Crippen LogP contribution in [0.25, 0.3) is 0 Å². The molecule has 1 aliphatic carbocycles. The van der Waals surface area contributed by atoms with Crippen molar-refractivity contribution >= 4 is 5.91 Å². The van der Waals surface area contributed by atoms with Crippen LogP contribution in [0.3, 0.4) is 0 Å². The molecular formula is C14H28N2O2. The van der Waals surface area contributed by atoms with Crippen molar-refractivity contribution in [3.05, 3.63) is 0 Å². The van der Waals surface area contributed by atoms with Gasteiger partial charge in [-0.25, -0.2) is 0 Å². The van der Waals surface area contributed by atoms with Crippen LogP contribution < -0.4 is 10.6 Å². The van der Waals surface area contributed by atoms with Crippen LogP contribution in [0.1, 0.15) is 51.9 Å². The van der Waals surface area contributed by atoms with Crippen molar-refractivity contribution in [2.45, 2.75) is 57.9 Å². The standard InChI is InChI=1S/C14H28N2O2/c1-2-18-12-9-14(17)16-11-10-15-13-7-5-3-4-6-8-13/h13,15H,2-12H2,1H3,(H,16,17). The third kappa shape index (κ3) is 7.67. The first-order valence-electron chi connectivity index (χ1n) is 7.40. The van der Waals surface area contributed by atoms with Gasteiger partial charge in [-0.3, -0.25) is 4.79 Å². The van der Waals surface area contributed by atoms with Crippen LogP contribution in [0.2, 0.25) is 0 Å². The van der Waals surface area contributed by atoms with Gasteiger partial charge < -0.3 is 15.4 Å². The van der Waals surface area contributed by atoms with E-state index in [1.807, 2.05) is 6.92 Å². The van der Waals surface area contributed by atoms with Crippen molar-refractivity contribution in [1.29, 1.82) is 0 Å². The molecule has 18 heavy (non-hydrogen) atoms. The first-order chi connectivity index (χ1) is 8.83. The molecule has 0 unspecified atom stereocenters. The second-order valence-electron chi connectivity index (χ2n) is 4.94. The monoisotopic (exact) mass is 256 g/mol. The van der Waals surface area contributed by atoms with Crippen LogP contribution in [0.15, 0.2) is 0 Å². The van der Waals surface area contributed by atoms with Crippen molar-refractivity contribution in [3.63, 3.8) is 0 Å². The lowest BCUT2D eigenvalue weighted by Crippen LogP contribution is -2.37. The summed E-state index contributed by atoms with van der Waals surface area (Å²) in [5.74, 6) is 0.0890. The number of ether oxygens (including phenoxy) is 1. The van der Waals surface area contributed by atoms with Gasteiger partial charge in [-0.05, 0) is 19.8 Å². The zero-order valence-electron chi connectivity index (χ0n) is 11.7. The highest BCUT2D eigenvalue weighted by Gasteiger charge is 2.10. The summed E-state index contributed by atoms with van der Waals surface area (Å²) >= 11 is 0. The number of amides is 1.